The van der Waals surface area contributed by atoms with Crippen molar-refractivity contribution in [1.82, 2.24) is 5.32 Å². The second-order valence-electron chi connectivity index (χ2n) is 9.12. The lowest BCUT2D eigenvalue weighted by atomic mass is 9.86. The molecule has 2 aromatic carbocycles. The highest BCUT2D eigenvalue weighted by Gasteiger charge is 2.27. The van der Waals surface area contributed by atoms with E-state index in [2.05, 4.69) is 31.4 Å². The minimum atomic E-state index is -1.21. The number of ether oxygens (including phenoxy) is 1. The normalized spacial score (nSPS) is 12.8. The van der Waals surface area contributed by atoms with E-state index in [1.165, 1.54) is 30.8 Å². The molecule has 0 aromatic heterocycles. The van der Waals surface area contributed by atoms with Gasteiger partial charge in [0.05, 0.1) is 15.6 Å². The van der Waals surface area contributed by atoms with Crippen molar-refractivity contribution in [3.63, 3.8) is 0 Å². The number of nitrogens with zero attached hydrogens (tertiary/aromatic N) is 1. The number of carbonyl (C=O) groups is 3. The maximum absolute atomic E-state index is 12.8. The number of anilines is 1. The van der Waals surface area contributed by atoms with Crippen LogP contribution in [0.1, 0.15) is 50.0 Å². The molecule has 2 N–H and O–H groups in total. The van der Waals surface area contributed by atoms with Crippen LogP contribution in [0.25, 0.3) is 0 Å². The van der Waals surface area contributed by atoms with E-state index in [0.29, 0.717) is 17.7 Å². The first-order valence-corrected chi connectivity index (χ1v) is 13.0. The number of nitro groups is 1. The predicted molar refractivity (Wildman–Crippen MR) is 142 cm³/mol. The van der Waals surface area contributed by atoms with E-state index in [0.717, 1.165) is 11.6 Å². The second-order valence-corrected chi connectivity index (χ2v) is 10.5. The zero-order chi connectivity index (χ0) is 27.0. The Morgan fingerprint density at radius 3 is 2.31 bits per heavy atom. The van der Waals surface area contributed by atoms with Crippen LogP contribution in [0, 0.1) is 10.1 Å². The highest BCUT2D eigenvalue weighted by Crippen LogP contribution is 2.27. The molecule has 2 rings (SSSR count). The third-order valence-electron chi connectivity index (χ3n) is 5.30. The van der Waals surface area contributed by atoms with Gasteiger partial charge in [-0.3, -0.25) is 19.7 Å². The molecule has 0 aliphatic carbocycles. The number of non-ortho nitro benzene ring substituents is 1. The molecule has 2 atom stereocenters. The molecule has 0 aliphatic heterocycles. The van der Waals surface area contributed by atoms with Gasteiger partial charge in [0.25, 0.3) is 17.5 Å². The van der Waals surface area contributed by atoms with Crippen molar-refractivity contribution in [3.8, 4) is 0 Å². The Kier molecular flexibility index (Phi) is 10.3. The highest BCUT2D eigenvalue weighted by atomic mass is 35.5. The predicted octanol–water partition coefficient (Wildman–Crippen LogP) is 4.97. The fraction of sp³-hybridized carbons (Fsp3) is 0.400. The van der Waals surface area contributed by atoms with Crippen LogP contribution in [-0.2, 0) is 19.7 Å². The Hall–Kier alpha value is -3.11. The summed E-state index contributed by atoms with van der Waals surface area (Å²) in [4.78, 5) is 48.4. The quantitative estimate of drug-likeness (QED) is 0.250. The third-order valence-corrected chi connectivity index (χ3v) is 6.25. The molecule has 0 heterocycles. The maximum Gasteiger partial charge on any atom is 0.329 e. The number of esters is 1. The summed E-state index contributed by atoms with van der Waals surface area (Å²) < 4.78 is 5.32. The summed E-state index contributed by atoms with van der Waals surface area (Å²) in [6.45, 7) is 7.60. The van der Waals surface area contributed by atoms with Crippen LogP contribution in [-0.4, -0.2) is 46.9 Å². The van der Waals surface area contributed by atoms with E-state index < -0.39 is 34.9 Å². The summed E-state index contributed by atoms with van der Waals surface area (Å²) in [5.74, 6) is -1.26. The van der Waals surface area contributed by atoms with Gasteiger partial charge in [0.1, 0.15) is 6.04 Å². The van der Waals surface area contributed by atoms with Gasteiger partial charge in [-0.15, -0.1) is 0 Å². The number of nitrogens with one attached hydrogen (secondary N) is 2. The topological polar surface area (TPSA) is 128 Å². The zero-order valence-corrected chi connectivity index (χ0v) is 22.4. The van der Waals surface area contributed by atoms with E-state index in [1.54, 1.807) is 12.1 Å². The largest absolute Gasteiger partial charge is 0.451 e. The number of thioether (sulfide) groups is 1. The van der Waals surface area contributed by atoms with Crippen molar-refractivity contribution in [2.75, 3.05) is 17.3 Å². The summed E-state index contributed by atoms with van der Waals surface area (Å²) in [7, 11) is 0. The molecule has 0 unspecified atom stereocenters. The zero-order valence-electron chi connectivity index (χ0n) is 20.8. The molecule has 0 bridgehead atoms. The Morgan fingerprint density at radius 2 is 1.78 bits per heavy atom. The van der Waals surface area contributed by atoms with Crippen molar-refractivity contribution >= 4 is 52.5 Å². The average Bonchev–Trinajstić information content (AvgIpc) is 2.82. The molecule has 36 heavy (non-hydrogen) atoms. The van der Waals surface area contributed by atoms with E-state index in [4.69, 9.17) is 16.3 Å². The van der Waals surface area contributed by atoms with Crippen molar-refractivity contribution < 1.29 is 24.0 Å². The number of halogens is 1. The van der Waals surface area contributed by atoms with Gasteiger partial charge in [-0.25, -0.2) is 4.79 Å². The molecule has 0 fully saturated rings. The van der Waals surface area contributed by atoms with E-state index in [9.17, 15) is 24.5 Å². The van der Waals surface area contributed by atoms with E-state index >= 15 is 0 Å². The molecule has 9 nitrogen and oxygen atoms in total. The van der Waals surface area contributed by atoms with Crippen LogP contribution in [0.15, 0.2) is 42.5 Å². The molecule has 0 spiro atoms. The van der Waals surface area contributed by atoms with Gasteiger partial charge in [-0.1, -0.05) is 44.5 Å². The number of benzene rings is 2. The first-order valence-electron chi connectivity index (χ1n) is 11.2. The van der Waals surface area contributed by atoms with Gasteiger partial charge in [-0.05, 0) is 54.5 Å². The summed E-state index contributed by atoms with van der Waals surface area (Å²) in [6, 6.07) is 9.80. The van der Waals surface area contributed by atoms with Gasteiger partial charge in [-0.2, -0.15) is 11.8 Å². The van der Waals surface area contributed by atoms with Crippen LogP contribution in [0.5, 0.6) is 0 Å². The fourth-order valence-corrected chi connectivity index (χ4v) is 3.80. The van der Waals surface area contributed by atoms with Gasteiger partial charge in [0.2, 0.25) is 0 Å². The lowest BCUT2D eigenvalue weighted by Crippen LogP contribution is -2.44. The Bertz CT molecular complexity index is 1120. The Morgan fingerprint density at radius 1 is 1.14 bits per heavy atom. The number of hydrogen-bond acceptors (Lipinski definition) is 7. The van der Waals surface area contributed by atoms with Gasteiger partial charge in [0, 0.05) is 17.7 Å². The van der Waals surface area contributed by atoms with Gasteiger partial charge in [0.15, 0.2) is 6.10 Å². The van der Waals surface area contributed by atoms with Crippen LogP contribution < -0.4 is 10.6 Å². The Balaban J connectivity index is 2.05. The molecule has 0 saturated carbocycles. The maximum atomic E-state index is 12.8. The third kappa shape index (κ3) is 8.23. The second kappa shape index (κ2) is 12.7. The number of carbonyl (C=O) groups excluding carboxylic acids is 3. The molecule has 194 valence electrons. The monoisotopic (exact) mass is 535 g/mol. The lowest BCUT2D eigenvalue weighted by Gasteiger charge is -2.21. The van der Waals surface area contributed by atoms with Crippen LogP contribution in [0.3, 0.4) is 0 Å². The van der Waals surface area contributed by atoms with Crippen LogP contribution in [0.4, 0.5) is 11.4 Å². The van der Waals surface area contributed by atoms with Crippen molar-refractivity contribution in [2.45, 2.75) is 51.7 Å². The van der Waals surface area contributed by atoms with Crippen molar-refractivity contribution in [2.24, 2.45) is 0 Å². The SMILES string of the molecule is CSCC[C@@H](NC(=O)c1ccc(C(C)(C)C)cc1)C(=O)O[C@@H](C)C(=O)Nc1ccc([N+](=O)[O-])cc1Cl. The fourth-order valence-electron chi connectivity index (χ4n) is 3.11. The van der Waals surface area contributed by atoms with Crippen LogP contribution in [0.2, 0.25) is 5.02 Å². The summed E-state index contributed by atoms with van der Waals surface area (Å²) in [5.41, 5.74) is 1.34. The van der Waals surface area contributed by atoms with Crippen molar-refractivity contribution in [3.05, 3.63) is 68.7 Å². The number of amides is 2. The number of hydrogen-bond donors (Lipinski definition) is 2. The molecular weight excluding hydrogens is 506 g/mol. The molecule has 11 heteroatoms. The average molecular weight is 536 g/mol. The first kappa shape index (κ1) is 29.1. The lowest BCUT2D eigenvalue weighted by molar-refractivity contribution is -0.384. The minimum absolute atomic E-state index is 0.0290. The minimum Gasteiger partial charge on any atom is -0.451 e. The molecular formula is C25H30ClN3O6S. The molecule has 2 aromatic rings. The smallest absolute Gasteiger partial charge is 0.329 e. The van der Waals surface area contributed by atoms with Gasteiger partial charge >= 0.3 is 5.97 Å². The summed E-state index contributed by atoms with van der Waals surface area (Å²) in [6.07, 6.45) is 0.983. The first-order chi connectivity index (χ1) is 16.8. The highest BCUT2D eigenvalue weighted by molar-refractivity contribution is 7.98. The van der Waals surface area contributed by atoms with Crippen molar-refractivity contribution in [1.29, 1.82) is 0 Å². The Labute approximate surface area is 219 Å². The van der Waals surface area contributed by atoms with Gasteiger partial charge < -0.3 is 15.4 Å². The molecule has 0 radical (unpaired) electrons. The van der Waals surface area contributed by atoms with E-state index in [-0.39, 0.29) is 21.8 Å². The summed E-state index contributed by atoms with van der Waals surface area (Å²) >= 11 is 7.51. The van der Waals surface area contributed by atoms with Crippen LogP contribution >= 0.6 is 23.4 Å². The number of rotatable bonds is 10. The molecule has 0 aliphatic rings. The standard InChI is InChI=1S/C25H30ClN3O6S/c1-15(22(30)27-20-11-10-18(29(33)34)14-19(20)26)35-24(32)21(12-13-36-5)28-23(31)16-6-8-17(9-7-16)25(2,3)4/h6-11,14-15,21H,12-13H2,1-5H3,(H,27,30)(H,28,31)/t15-,21+/m0/s1. The summed E-state index contributed by atoms with van der Waals surface area (Å²) in [5, 5.41) is 16.0. The molecule has 2 amide bonds. The van der Waals surface area contributed by atoms with E-state index in [1.807, 2.05) is 18.4 Å². The number of nitro benzene ring substituents is 1. The molecule has 0 saturated heterocycles.